The summed E-state index contributed by atoms with van der Waals surface area (Å²) in [6.45, 7) is 1.74. The Labute approximate surface area is 201 Å². The Balaban J connectivity index is 1.69. The molecule has 0 aromatic heterocycles. The number of nitrogens with one attached hydrogen (secondary N) is 2. The van der Waals surface area contributed by atoms with Gasteiger partial charge >= 0.3 is 5.97 Å². The van der Waals surface area contributed by atoms with E-state index in [1.807, 2.05) is 6.07 Å². The highest BCUT2D eigenvalue weighted by atomic mass is 32.2. The van der Waals surface area contributed by atoms with Crippen LogP contribution >= 0.6 is 11.8 Å². The van der Waals surface area contributed by atoms with Gasteiger partial charge in [0.15, 0.2) is 0 Å². The van der Waals surface area contributed by atoms with E-state index in [9.17, 15) is 14.4 Å². The molecule has 0 fully saturated rings. The van der Waals surface area contributed by atoms with Crippen LogP contribution in [0.1, 0.15) is 27.6 Å². The second-order valence-corrected chi connectivity index (χ2v) is 8.57. The topological polar surface area (TPSA) is 114 Å². The molecule has 3 N–H and O–H groups in total. The molecule has 0 aliphatic carbocycles. The fourth-order valence-electron chi connectivity index (χ4n) is 3.15. The van der Waals surface area contributed by atoms with Gasteiger partial charge in [-0.2, -0.15) is 0 Å². The fourth-order valence-corrected chi connectivity index (χ4v) is 4.07. The van der Waals surface area contributed by atoms with Gasteiger partial charge in [0.25, 0.3) is 5.91 Å². The van der Waals surface area contributed by atoms with Crippen molar-refractivity contribution in [1.82, 2.24) is 0 Å². The summed E-state index contributed by atoms with van der Waals surface area (Å²) in [5.41, 5.74) is 1.32. The van der Waals surface area contributed by atoms with Gasteiger partial charge in [-0.15, -0.1) is 11.8 Å². The number of carbonyl (C=O) groups is 3. The Morgan fingerprint density at radius 3 is 2.06 bits per heavy atom. The van der Waals surface area contributed by atoms with Gasteiger partial charge in [-0.3, -0.25) is 9.59 Å². The molecule has 1 unspecified atom stereocenters. The van der Waals surface area contributed by atoms with Gasteiger partial charge in [0, 0.05) is 16.3 Å². The molecule has 3 aromatic carbocycles. The zero-order chi connectivity index (χ0) is 24.7. The quantitative estimate of drug-likeness (QED) is 0.378. The minimum absolute atomic E-state index is 0.0909. The summed E-state index contributed by atoms with van der Waals surface area (Å²) < 4.78 is 10.6. The van der Waals surface area contributed by atoms with Gasteiger partial charge in [0.05, 0.1) is 25.0 Å². The fraction of sp³-hybridized carbons (Fsp3) is 0.160. The first-order chi connectivity index (χ1) is 16.3. The number of amides is 2. The summed E-state index contributed by atoms with van der Waals surface area (Å²) in [4.78, 5) is 37.4. The largest absolute Gasteiger partial charge is 0.496 e. The minimum Gasteiger partial charge on any atom is -0.496 e. The Kier molecular flexibility index (Phi) is 8.15. The molecule has 3 rings (SSSR count). The van der Waals surface area contributed by atoms with E-state index in [-0.39, 0.29) is 22.9 Å². The molecule has 3 aromatic rings. The van der Waals surface area contributed by atoms with E-state index in [1.165, 1.54) is 38.1 Å². The minimum atomic E-state index is -1.07. The van der Waals surface area contributed by atoms with Crippen LogP contribution in [0.25, 0.3) is 0 Å². The first kappa shape index (κ1) is 24.7. The van der Waals surface area contributed by atoms with Gasteiger partial charge in [-0.1, -0.05) is 18.2 Å². The van der Waals surface area contributed by atoms with Gasteiger partial charge < -0.3 is 25.2 Å². The van der Waals surface area contributed by atoms with Crippen LogP contribution in [0.2, 0.25) is 0 Å². The summed E-state index contributed by atoms with van der Waals surface area (Å²) in [7, 11) is 2.96. The zero-order valence-electron chi connectivity index (χ0n) is 18.8. The maximum Gasteiger partial charge on any atom is 0.335 e. The Hall–Kier alpha value is -3.98. The van der Waals surface area contributed by atoms with E-state index in [0.29, 0.717) is 22.9 Å². The maximum absolute atomic E-state index is 12.9. The highest BCUT2D eigenvalue weighted by Gasteiger charge is 2.19. The lowest BCUT2D eigenvalue weighted by Crippen LogP contribution is -2.22. The number of hydrogen-bond donors (Lipinski definition) is 3. The SMILES string of the molecule is COc1cccc(OC)c1C(=O)Nc1cccc(SC(C)C(=O)Nc2cccc(C(=O)O)c2)c1. The maximum atomic E-state index is 12.9. The van der Waals surface area contributed by atoms with Gasteiger partial charge in [0.2, 0.25) is 5.91 Å². The Morgan fingerprint density at radius 2 is 1.44 bits per heavy atom. The molecule has 0 heterocycles. The highest BCUT2D eigenvalue weighted by molar-refractivity contribution is 8.00. The van der Waals surface area contributed by atoms with Crippen LogP contribution in [0.3, 0.4) is 0 Å². The summed E-state index contributed by atoms with van der Waals surface area (Å²) in [6.07, 6.45) is 0. The van der Waals surface area contributed by atoms with E-state index in [0.717, 1.165) is 4.90 Å². The predicted octanol–water partition coefficient (Wildman–Crippen LogP) is 4.77. The van der Waals surface area contributed by atoms with Crippen molar-refractivity contribution in [3.63, 3.8) is 0 Å². The molecule has 0 spiro atoms. The van der Waals surface area contributed by atoms with Gasteiger partial charge in [-0.05, 0) is 55.5 Å². The number of ether oxygens (including phenoxy) is 2. The number of aromatic carboxylic acids is 1. The number of benzene rings is 3. The molecule has 0 saturated heterocycles. The van der Waals surface area contributed by atoms with E-state index < -0.39 is 11.2 Å². The van der Waals surface area contributed by atoms with Crippen molar-refractivity contribution in [3.05, 3.63) is 77.9 Å². The van der Waals surface area contributed by atoms with Crippen molar-refractivity contribution in [2.24, 2.45) is 0 Å². The lowest BCUT2D eigenvalue weighted by Gasteiger charge is -2.15. The second-order valence-electron chi connectivity index (χ2n) is 7.15. The van der Waals surface area contributed by atoms with Crippen LogP contribution in [-0.4, -0.2) is 42.4 Å². The summed E-state index contributed by atoms with van der Waals surface area (Å²) in [6, 6.07) is 18.3. The standard InChI is InChI=1S/C25H24N2O6S/c1-15(23(28)26-17-8-4-7-16(13-17)25(30)31)34-19-10-5-9-18(14-19)27-24(29)22-20(32-2)11-6-12-21(22)33-3/h4-15H,1-3H3,(H,26,28)(H,27,29)(H,30,31). The third-order valence-electron chi connectivity index (χ3n) is 4.81. The van der Waals surface area contributed by atoms with Crippen LogP contribution in [0, 0.1) is 0 Å². The molecule has 34 heavy (non-hydrogen) atoms. The van der Waals surface area contributed by atoms with E-state index in [1.54, 1.807) is 55.5 Å². The van der Waals surface area contributed by atoms with Crippen molar-refractivity contribution in [1.29, 1.82) is 0 Å². The predicted molar refractivity (Wildman–Crippen MR) is 131 cm³/mol. The molecule has 1 atom stereocenters. The van der Waals surface area contributed by atoms with Crippen molar-refractivity contribution < 1.29 is 29.0 Å². The van der Waals surface area contributed by atoms with E-state index >= 15 is 0 Å². The number of anilines is 2. The van der Waals surface area contributed by atoms with Crippen molar-refractivity contribution in [2.45, 2.75) is 17.1 Å². The average Bonchev–Trinajstić information content (AvgIpc) is 2.83. The van der Waals surface area contributed by atoms with Crippen molar-refractivity contribution >= 4 is 40.9 Å². The van der Waals surface area contributed by atoms with E-state index in [4.69, 9.17) is 14.6 Å². The average molecular weight is 481 g/mol. The van der Waals surface area contributed by atoms with Crippen LogP contribution < -0.4 is 20.1 Å². The molecule has 9 heteroatoms. The van der Waals surface area contributed by atoms with Crippen LogP contribution in [-0.2, 0) is 4.79 Å². The summed E-state index contributed by atoms with van der Waals surface area (Å²) in [5, 5.41) is 14.2. The number of carboxylic acid groups (broad SMARTS) is 1. The monoisotopic (exact) mass is 480 g/mol. The lowest BCUT2D eigenvalue weighted by molar-refractivity contribution is -0.115. The highest BCUT2D eigenvalue weighted by Crippen LogP contribution is 2.30. The molecular formula is C25H24N2O6S. The number of rotatable bonds is 9. The third kappa shape index (κ3) is 6.08. The lowest BCUT2D eigenvalue weighted by atomic mass is 10.1. The molecule has 0 saturated carbocycles. The second kappa shape index (κ2) is 11.2. The number of hydrogen-bond acceptors (Lipinski definition) is 6. The van der Waals surface area contributed by atoms with Crippen LogP contribution in [0.15, 0.2) is 71.6 Å². The first-order valence-corrected chi connectivity index (χ1v) is 11.1. The first-order valence-electron chi connectivity index (χ1n) is 10.3. The molecular weight excluding hydrogens is 456 g/mol. The van der Waals surface area contributed by atoms with E-state index in [2.05, 4.69) is 10.6 Å². The number of carboxylic acids is 1. The molecule has 2 amide bonds. The smallest absolute Gasteiger partial charge is 0.335 e. The normalized spacial score (nSPS) is 11.3. The molecule has 176 valence electrons. The number of methoxy groups -OCH3 is 2. The van der Waals surface area contributed by atoms with Gasteiger partial charge in [-0.25, -0.2) is 4.79 Å². The van der Waals surface area contributed by atoms with Crippen molar-refractivity contribution in [2.75, 3.05) is 24.9 Å². The Morgan fingerprint density at radius 1 is 0.853 bits per heavy atom. The number of thioether (sulfide) groups is 1. The number of carbonyl (C=O) groups excluding carboxylic acids is 2. The zero-order valence-corrected chi connectivity index (χ0v) is 19.6. The molecule has 0 aliphatic heterocycles. The van der Waals surface area contributed by atoms with Gasteiger partial charge in [0.1, 0.15) is 17.1 Å². The molecule has 0 bridgehead atoms. The van der Waals surface area contributed by atoms with Crippen LogP contribution in [0.4, 0.5) is 11.4 Å². The Bertz CT molecular complexity index is 1190. The third-order valence-corrected chi connectivity index (χ3v) is 5.90. The summed E-state index contributed by atoms with van der Waals surface area (Å²) >= 11 is 1.30. The molecule has 8 nitrogen and oxygen atoms in total. The van der Waals surface area contributed by atoms with Crippen molar-refractivity contribution in [3.8, 4) is 11.5 Å². The van der Waals surface area contributed by atoms with Crippen LogP contribution in [0.5, 0.6) is 11.5 Å². The summed E-state index contributed by atoms with van der Waals surface area (Å²) in [5.74, 6) is -0.955. The molecule has 0 radical (unpaired) electrons. The molecule has 0 aliphatic rings.